The number of carbonyl (C=O) groups excluding carboxylic acids is 3. The Hall–Kier alpha value is -3.18. The summed E-state index contributed by atoms with van der Waals surface area (Å²) in [4.78, 5) is 45.4. The highest BCUT2D eigenvalue weighted by Crippen LogP contribution is 2.09. The van der Waals surface area contributed by atoms with Gasteiger partial charge < -0.3 is 30.2 Å². The van der Waals surface area contributed by atoms with Crippen LogP contribution in [0, 0.1) is 0 Å². The van der Waals surface area contributed by atoms with E-state index in [4.69, 9.17) is 0 Å². The van der Waals surface area contributed by atoms with Crippen molar-refractivity contribution in [3.63, 3.8) is 0 Å². The number of anilines is 3. The Labute approximate surface area is 137 Å². The van der Waals surface area contributed by atoms with Crippen LogP contribution in [0.5, 0.6) is 0 Å². The zero-order valence-corrected chi connectivity index (χ0v) is 13.4. The first-order valence-electron chi connectivity index (χ1n) is 6.66. The van der Waals surface area contributed by atoms with Crippen LogP contribution in [0.25, 0.3) is 0 Å². The van der Waals surface area contributed by atoms with Gasteiger partial charge in [0.15, 0.2) is 0 Å². The first-order chi connectivity index (χ1) is 11.5. The van der Waals surface area contributed by atoms with Crippen molar-refractivity contribution < 1.29 is 28.6 Å². The number of nitrogens with one attached hydrogen (secondary N) is 3. The zero-order chi connectivity index (χ0) is 17.9. The van der Waals surface area contributed by atoms with Crippen molar-refractivity contribution in [3.05, 3.63) is 0 Å². The number of rotatable bonds is 9. The Kier molecular flexibility index (Phi) is 7.67. The molecule has 0 aliphatic rings. The van der Waals surface area contributed by atoms with E-state index in [9.17, 15) is 14.4 Å². The van der Waals surface area contributed by atoms with E-state index < -0.39 is 17.9 Å². The highest BCUT2D eigenvalue weighted by molar-refractivity contribution is 5.75. The number of hydrogen-bond acceptors (Lipinski definition) is 12. The molecule has 132 valence electrons. The van der Waals surface area contributed by atoms with Gasteiger partial charge in [-0.2, -0.15) is 15.0 Å². The fourth-order valence-corrected chi connectivity index (χ4v) is 1.28. The predicted octanol–water partition coefficient (Wildman–Crippen LogP) is -1.37. The third-order valence-corrected chi connectivity index (χ3v) is 2.49. The van der Waals surface area contributed by atoms with Crippen molar-refractivity contribution in [2.24, 2.45) is 0 Å². The number of nitrogens with zero attached hydrogens (tertiary/aromatic N) is 3. The molecule has 0 radical (unpaired) electrons. The minimum Gasteiger partial charge on any atom is -0.468 e. The van der Waals surface area contributed by atoms with E-state index in [1.165, 1.54) is 21.3 Å². The van der Waals surface area contributed by atoms with Gasteiger partial charge in [-0.25, -0.2) is 0 Å². The number of aromatic nitrogens is 3. The molecular formula is C12H18N6O6. The highest BCUT2D eigenvalue weighted by atomic mass is 16.5. The molecule has 0 saturated carbocycles. The van der Waals surface area contributed by atoms with Crippen molar-refractivity contribution in [2.45, 2.75) is 0 Å². The van der Waals surface area contributed by atoms with Crippen LogP contribution in [0.4, 0.5) is 17.8 Å². The SMILES string of the molecule is COC(=O)CNc1nc(NCC(=O)OC)nc(NCC(=O)OC)n1. The molecule has 0 aromatic carbocycles. The minimum absolute atomic E-state index is 0.0372. The Morgan fingerprint density at radius 1 is 0.667 bits per heavy atom. The van der Waals surface area contributed by atoms with E-state index in [-0.39, 0.29) is 37.5 Å². The number of carbonyl (C=O) groups is 3. The number of hydrogen-bond donors (Lipinski definition) is 3. The van der Waals surface area contributed by atoms with Gasteiger partial charge in [0.05, 0.1) is 21.3 Å². The Balaban J connectivity index is 2.84. The molecule has 1 aromatic heterocycles. The van der Waals surface area contributed by atoms with Crippen LogP contribution in [-0.4, -0.2) is 73.8 Å². The molecule has 1 heterocycles. The normalized spacial score (nSPS) is 9.62. The molecule has 12 nitrogen and oxygen atoms in total. The molecule has 0 saturated heterocycles. The fourth-order valence-electron chi connectivity index (χ4n) is 1.28. The second-order valence-corrected chi connectivity index (χ2v) is 4.10. The lowest BCUT2D eigenvalue weighted by Crippen LogP contribution is -2.22. The number of ether oxygens (including phenoxy) is 3. The maximum Gasteiger partial charge on any atom is 0.325 e. The van der Waals surface area contributed by atoms with Gasteiger partial charge in [-0.3, -0.25) is 14.4 Å². The van der Waals surface area contributed by atoms with Gasteiger partial charge >= 0.3 is 17.9 Å². The van der Waals surface area contributed by atoms with Crippen molar-refractivity contribution in [2.75, 3.05) is 56.9 Å². The number of esters is 3. The van der Waals surface area contributed by atoms with Crippen molar-refractivity contribution in [1.29, 1.82) is 0 Å². The second kappa shape index (κ2) is 9.76. The molecule has 0 aliphatic heterocycles. The molecule has 3 N–H and O–H groups in total. The van der Waals surface area contributed by atoms with E-state index in [0.717, 1.165) is 0 Å². The van der Waals surface area contributed by atoms with Crippen LogP contribution in [0.3, 0.4) is 0 Å². The van der Waals surface area contributed by atoms with Crippen molar-refractivity contribution in [1.82, 2.24) is 15.0 Å². The zero-order valence-electron chi connectivity index (χ0n) is 13.4. The summed E-state index contributed by atoms with van der Waals surface area (Å²) in [6.45, 7) is -0.520. The van der Waals surface area contributed by atoms with Crippen LogP contribution in [0.2, 0.25) is 0 Å². The molecule has 24 heavy (non-hydrogen) atoms. The monoisotopic (exact) mass is 342 g/mol. The topological polar surface area (TPSA) is 154 Å². The summed E-state index contributed by atoms with van der Waals surface area (Å²) in [7, 11) is 3.72. The van der Waals surface area contributed by atoms with Gasteiger partial charge in [0.2, 0.25) is 17.8 Å². The van der Waals surface area contributed by atoms with Crippen LogP contribution in [0.15, 0.2) is 0 Å². The summed E-state index contributed by atoms with van der Waals surface area (Å²) >= 11 is 0. The van der Waals surface area contributed by atoms with Crippen LogP contribution in [-0.2, 0) is 28.6 Å². The van der Waals surface area contributed by atoms with E-state index in [0.29, 0.717) is 0 Å². The molecule has 12 heteroatoms. The lowest BCUT2D eigenvalue weighted by atomic mass is 10.6. The van der Waals surface area contributed by atoms with Gasteiger partial charge in [-0.15, -0.1) is 0 Å². The summed E-state index contributed by atoms with van der Waals surface area (Å²) in [5.74, 6) is -1.46. The maximum absolute atomic E-state index is 11.2. The first kappa shape index (κ1) is 18.9. The Bertz CT molecular complexity index is 502. The molecule has 0 aliphatic carbocycles. The molecule has 0 fully saturated rings. The molecule has 0 bridgehead atoms. The summed E-state index contributed by atoms with van der Waals surface area (Å²) in [6.07, 6.45) is 0. The van der Waals surface area contributed by atoms with E-state index in [2.05, 4.69) is 45.1 Å². The smallest absolute Gasteiger partial charge is 0.325 e. The maximum atomic E-state index is 11.2. The molecular weight excluding hydrogens is 324 g/mol. The average molecular weight is 342 g/mol. The Morgan fingerprint density at radius 2 is 0.917 bits per heavy atom. The highest BCUT2D eigenvalue weighted by Gasteiger charge is 2.10. The van der Waals surface area contributed by atoms with Crippen LogP contribution in [0.1, 0.15) is 0 Å². The largest absolute Gasteiger partial charge is 0.468 e. The summed E-state index contributed by atoms with van der Waals surface area (Å²) in [5.41, 5.74) is 0. The molecule has 1 rings (SSSR count). The lowest BCUT2D eigenvalue weighted by molar-refractivity contribution is -0.139. The first-order valence-corrected chi connectivity index (χ1v) is 6.66. The molecule has 0 unspecified atom stereocenters. The van der Waals surface area contributed by atoms with Gasteiger partial charge in [-0.05, 0) is 0 Å². The summed E-state index contributed by atoms with van der Waals surface area (Å²) in [5, 5.41) is 7.89. The van der Waals surface area contributed by atoms with Crippen molar-refractivity contribution in [3.8, 4) is 0 Å². The molecule has 0 amide bonds. The molecule has 0 atom stereocenters. The standard InChI is InChI=1S/C12H18N6O6/c1-22-7(19)4-13-10-16-11(14-5-8(20)23-2)18-12(17-10)15-6-9(21)24-3/h4-6H2,1-3H3,(H3,13,14,15,16,17,18). The average Bonchev–Trinajstić information content (AvgIpc) is 2.61. The van der Waals surface area contributed by atoms with Gasteiger partial charge in [0, 0.05) is 0 Å². The Morgan fingerprint density at radius 3 is 1.12 bits per heavy atom. The van der Waals surface area contributed by atoms with E-state index in [1.54, 1.807) is 0 Å². The van der Waals surface area contributed by atoms with E-state index >= 15 is 0 Å². The number of methoxy groups -OCH3 is 3. The van der Waals surface area contributed by atoms with Gasteiger partial charge in [0.1, 0.15) is 19.6 Å². The second-order valence-electron chi connectivity index (χ2n) is 4.10. The predicted molar refractivity (Wildman–Crippen MR) is 81.3 cm³/mol. The minimum atomic E-state index is -0.524. The fraction of sp³-hybridized carbons (Fsp3) is 0.500. The van der Waals surface area contributed by atoms with Crippen LogP contribution < -0.4 is 16.0 Å². The van der Waals surface area contributed by atoms with Gasteiger partial charge in [0.25, 0.3) is 0 Å². The third-order valence-electron chi connectivity index (χ3n) is 2.49. The third kappa shape index (κ3) is 6.72. The summed E-state index contributed by atoms with van der Waals surface area (Å²) < 4.78 is 13.5. The quantitative estimate of drug-likeness (QED) is 0.358. The van der Waals surface area contributed by atoms with Crippen molar-refractivity contribution >= 4 is 35.8 Å². The lowest BCUT2D eigenvalue weighted by Gasteiger charge is -2.10. The molecule has 1 aromatic rings. The summed E-state index contributed by atoms with van der Waals surface area (Å²) in [6, 6.07) is 0. The van der Waals surface area contributed by atoms with Crippen LogP contribution >= 0.6 is 0 Å². The molecule has 0 spiro atoms. The van der Waals surface area contributed by atoms with Gasteiger partial charge in [-0.1, -0.05) is 0 Å². The van der Waals surface area contributed by atoms with E-state index in [1.807, 2.05) is 0 Å².